The largest absolute Gasteiger partial charge is 0.379 e. The molecular weight excluding hydrogens is 431 g/mol. The summed E-state index contributed by atoms with van der Waals surface area (Å²) in [5, 5.41) is 11.6. The first-order valence-corrected chi connectivity index (χ1v) is 10.9. The molecule has 0 bridgehead atoms. The molecule has 6 nitrogen and oxygen atoms in total. The summed E-state index contributed by atoms with van der Waals surface area (Å²) in [4.78, 5) is 0.110. The third-order valence-corrected chi connectivity index (χ3v) is 6.25. The Hall–Kier alpha value is -2.74. The SMILES string of the molecule is O=S(=O)(Nc1cc(NCc2ccccc2)c2n[nH]c(Cl)c2c1)c1ccc(Cl)cc1. The Labute approximate surface area is 177 Å². The van der Waals surface area contributed by atoms with E-state index in [1.165, 1.54) is 24.3 Å². The lowest BCUT2D eigenvalue weighted by Gasteiger charge is -2.12. The molecule has 0 unspecified atom stereocenters. The molecule has 0 amide bonds. The highest BCUT2D eigenvalue weighted by Gasteiger charge is 2.17. The van der Waals surface area contributed by atoms with Crippen molar-refractivity contribution < 1.29 is 8.42 Å². The van der Waals surface area contributed by atoms with Crippen LogP contribution >= 0.6 is 23.2 Å². The Balaban J connectivity index is 1.67. The third kappa shape index (κ3) is 4.32. The predicted molar refractivity (Wildman–Crippen MR) is 117 cm³/mol. The van der Waals surface area contributed by atoms with Gasteiger partial charge in [0, 0.05) is 17.0 Å². The Morgan fingerprint density at radius 2 is 1.69 bits per heavy atom. The molecule has 1 aromatic heterocycles. The lowest BCUT2D eigenvalue weighted by atomic mass is 10.2. The first-order valence-electron chi connectivity index (χ1n) is 8.66. The molecule has 3 aromatic carbocycles. The van der Waals surface area contributed by atoms with Crippen LogP contribution in [-0.2, 0) is 16.6 Å². The fourth-order valence-corrected chi connectivity index (χ4v) is 4.25. The van der Waals surface area contributed by atoms with E-state index in [1.807, 2.05) is 30.3 Å². The second-order valence-corrected chi connectivity index (χ2v) is 8.85. The maximum atomic E-state index is 12.7. The minimum Gasteiger partial charge on any atom is -0.379 e. The summed E-state index contributed by atoms with van der Waals surface area (Å²) in [5.74, 6) is 0. The Bertz CT molecular complexity index is 1260. The first-order chi connectivity index (χ1) is 13.9. The molecule has 9 heteroatoms. The summed E-state index contributed by atoms with van der Waals surface area (Å²) < 4.78 is 28.1. The van der Waals surface area contributed by atoms with Crippen molar-refractivity contribution in [3.63, 3.8) is 0 Å². The van der Waals surface area contributed by atoms with Crippen molar-refractivity contribution in [3.05, 3.63) is 82.5 Å². The van der Waals surface area contributed by atoms with Gasteiger partial charge in [-0.15, -0.1) is 0 Å². The Morgan fingerprint density at radius 3 is 2.41 bits per heavy atom. The van der Waals surface area contributed by atoms with Crippen LogP contribution in [0.5, 0.6) is 0 Å². The second kappa shape index (κ2) is 7.94. The van der Waals surface area contributed by atoms with Gasteiger partial charge >= 0.3 is 0 Å². The van der Waals surface area contributed by atoms with Gasteiger partial charge in [-0.1, -0.05) is 53.5 Å². The van der Waals surface area contributed by atoms with Crippen molar-refractivity contribution >= 4 is 55.5 Å². The van der Waals surface area contributed by atoms with Gasteiger partial charge in [-0.2, -0.15) is 5.10 Å². The maximum absolute atomic E-state index is 12.7. The molecule has 0 aliphatic carbocycles. The average Bonchev–Trinajstić information content (AvgIpc) is 3.08. The molecule has 0 atom stereocenters. The van der Waals surface area contributed by atoms with Crippen molar-refractivity contribution in [2.75, 3.05) is 10.0 Å². The van der Waals surface area contributed by atoms with E-state index in [4.69, 9.17) is 23.2 Å². The number of sulfonamides is 1. The zero-order valence-electron chi connectivity index (χ0n) is 15.0. The van der Waals surface area contributed by atoms with Gasteiger partial charge in [0.25, 0.3) is 10.0 Å². The number of halogens is 2. The third-order valence-electron chi connectivity index (χ3n) is 4.31. The van der Waals surface area contributed by atoms with Crippen molar-refractivity contribution in [1.29, 1.82) is 0 Å². The van der Waals surface area contributed by atoms with Crippen molar-refractivity contribution in [1.82, 2.24) is 10.2 Å². The zero-order chi connectivity index (χ0) is 20.4. The van der Waals surface area contributed by atoms with Gasteiger partial charge in [0.1, 0.15) is 10.7 Å². The van der Waals surface area contributed by atoms with Crippen LogP contribution in [0, 0.1) is 0 Å². The summed E-state index contributed by atoms with van der Waals surface area (Å²) in [7, 11) is -3.79. The number of benzene rings is 3. The zero-order valence-corrected chi connectivity index (χ0v) is 17.3. The summed E-state index contributed by atoms with van der Waals surface area (Å²) in [6.07, 6.45) is 0. The number of anilines is 2. The van der Waals surface area contributed by atoms with Gasteiger partial charge in [0.2, 0.25) is 0 Å². The van der Waals surface area contributed by atoms with Crippen LogP contribution in [0.4, 0.5) is 11.4 Å². The highest BCUT2D eigenvalue weighted by Crippen LogP contribution is 2.32. The smallest absolute Gasteiger partial charge is 0.261 e. The number of fused-ring (bicyclic) bond motifs is 1. The Kier molecular flexibility index (Phi) is 5.36. The van der Waals surface area contributed by atoms with Crippen molar-refractivity contribution in [3.8, 4) is 0 Å². The quantitative estimate of drug-likeness (QED) is 0.375. The molecule has 0 fully saturated rings. The average molecular weight is 447 g/mol. The molecule has 0 spiro atoms. The van der Waals surface area contributed by atoms with Crippen LogP contribution in [0.2, 0.25) is 10.2 Å². The molecule has 29 heavy (non-hydrogen) atoms. The summed E-state index contributed by atoms with van der Waals surface area (Å²) in [6.45, 7) is 0.549. The van der Waals surface area contributed by atoms with E-state index in [0.717, 1.165) is 5.56 Å². The topological polar surface area (TPSA) is 86.9 Å². The monoisotopic (exact) mass is 446 g/mol. The van der Waals surface area contributed by atoms with E-state index < -0.39 is 10.0 Å². The van der Waals surface area contributed by atoms with Crippen molar-refractivity contribution in [2.24, 2.45) is 0 Å². The van der Waals surface area contributed by atoms with E-state index in [2.05, 4.69) is 20.2 Å². The van der Waals surface area contributed by atoms with Gasteiger partial charge in [-0.05, 0) is 42.0 Å². The second-order valence-electron chi connectivity index (χ2n) is 6.36. The van der Waals surface area contributed by atoms with Crippen LogP contribution in [-0.4, -0.2) is 18.6 Å². The number of H-pyrrole nitrogens is 1. The minimum absolute atomic E-state index is 0.110. The van der Waals surface area contributed by atoms with Crippen LogP contribution in [0.15, 0.2) is 71.6 Å². The predicted octanol–water partition coefficient (Wildman–Crippen LogP) is 5.28. The number of nitrogens with zero attached hydrogens (tertiary/aromatic N) is 1. The first kappa shape index (κ1) is 19.6. The van der Waals surface area contributed by atoms with E-state index in [9.17, 15) is 8.42 Å². The lowest BCUT2D eigenvalue weighted by molar-refractivity contribution is 0.601. The van der Waals surface area contributed by atoms with E-state index >= 15 is 0 Å². The number of nitrogens with one attached hydrogen (secondary N) is 3. The molecule has 148 valence electrons. The Morgan fingerprint density at radius 1 is 0.966 bits per heavy atom. The van der Waals surface area contributed by atoms with E-state index in [-0.39, 0.29) is 4.90 Å². The standard InChI is InChI=1S/C20H16Cl2N4O2S/c21-14-6-8-16(9-7-14)29(27,28)26-15-10-17-19(24-25-20(17)22)18(11-15)23-12-13-4-2-1-3-5-13/h1-11,23,26H,12H2,(H,24,25). The highest BCUT2D eigenvalue weighted by molar-refractivity contribution is 7.92. The number of hydrogen-bond acceptors (Lipinski definition) is 4. The molecular formula is C20H16Cl2N4O2S. The number of rotatable bonds is 6. The van der Waals surface area contributed by atoms with Gasteiger partial charge in [-0.3, -0.25) is 9.82 Å². The molecule has 0 aliphatic heterocycles. The summed E-state index contributed by atoms with van der Waals surface area (Å²) >= 11 is 12.1. The number of hydrogen-bond donors (Lipinski definition) is 3. The minimum atomic E-state index is -3.79. The summed E-state index contributed by atoms with van der Waals surface area (Å²) in [6, 6.07) is 19.1. The molecule has 1 heterocycles. The van der Waals surface area contributed by atoms with Gasteiger partial charge in [0.05, 0.1) is 16.3 Å². The van der Waals surface area contributed by atoms with Crippen LogP contribution in [0.3, 0.4) is 0 Å². The number of aromatic amines is 1. The van der Waals surface area contributed by atoms with E-state index in [1.54, 1.807) is 12.1 Å². The lowest BCUT2D eigenvalue weighted by Crippen LogP contribution is -2.13. The molecule has 4 rings (SSSR count). The highest BCUT2D eigenvalue weighted by atomic mass is 35.5. The van der Waals surface area contributed by atoms with Crippen molar-refractivity contribution in [2.45, 2.75) is 11.4 Å². The fraction of sp³-hybridized carbons (Fsp3) is 0.0500. The molecule has 0 aliphatic rings. The van der Waals surface area contributed by atoms with Crippen LogP contribution in [0.25, 0.3) is 10.9 Å². The van der Waals surface area contributed by atoms with Gasteiger partial charge in [-0.25, -0.2) is 8.42 Å². The van der Waals surface area contributed by atoms with Crippen LogP contribution in [0.1, 0.15) is 5.56 Å². The molecule has 3 N–H and O–H groups in total. The molecule has 0 radical (unpaired) electrons. The van der Waals surface area contributed by atoms with Gasteiger partial charge in [0.15, 0.2) is 0 Å². The molecule has 0 saturated heterocycles. The molecule has 0 saturated carbocycles. The van der Waals surface area contributed by atoms with E-state index in [0.29, 0.717) is 39.0 Å². The normalized spacial score (nSPS) is 11.5. The molecule has 4 aromatic rings. The summed E-state index contributed by atoms with van der Waals surface area (Å²) in [5.41, 5.74) is 2.73. The van der Waals surface area contributed by atoms with Crippen LogP contribution < -0.4 is 10.0 Å². The van der Waals surface area contributed by atoms with Gasteiger partial charge < -0.3 is 5.32 Å². The number of aromatic nitrogens is 2. The maximum Gasteiger partial charge on any atom is 0.261 e. The fourth-order valence-electron chi connectivity index (χ4n) is 2.90.